The van der Waals surface area contributed by atoms with Crippen molar-refractivity contribution in [3.8, 4) is 11.1 Å². The minimum absolute atomic E-state index is 0.137. The number of hydrogen-bond acceptors (Lipinski definition) is 3. The van der Waals surface area contributed by atoms with Crippen molar-refractivity contribution < 1.29 is 14.4 Å². The molecule has 5 heteroatoms. The molecular formula is C21H20N2O3. The molecule has 1 unspecified atom stereocenters. The smallest absolute Gasteiger partial charge is 0.255 e. The Morgan fingerprint density at radius 2 is 1.77 bits per heavy atom. The maximum Gasteiger partial charge on any atom is 0.255 e. The summed E-state index contributed by atoms with van der Waals surface area (Å²) in [7, 11) is 0. The standard InChI is InChI=1S/C21H20N2O3/c1-2-13-3-5-14(6-4-13)15-7-8-16-12-23(21(26)17(16)11-15)18-9-10-19(24)22-20(18)25/h3-8,11,18H,2,9-10,12H2,1H3,(H,22,24,25). The zero-order valence-corrected chi connectivity index (χ0v) is 14.6. The largest absolute Gasteiger partial charge is 0.322 e. The van der Waals surface area contributed by atoms with Crippen molar-refractivity contribution in [3.05, 3.63) is 59.2 Å². The molecule has 1 fully saturated rings. The van der Waals surface area contributed by atoms with E-state index >= 15 is 0 Å². The number of amides is 3. The van der Waals surface area contributed by atoms with Crippen molar-refractivity contribution in [1.29, 1.82) is 0 Å². The van der Waals surface area contributed by atoms with Crippen LogP contribution in [0.4, 0.5) is 0 Å². The Morgan fingerprint density at radius 3 is 2.46 bits per heavy atom. The monoisotopic (exact) mass is 348 g/mol. The van der Waals surface area contributed by atoms with E-state index in [4.69, 9.17) is 0 Å². The molecule has 0 spiro atoms. The third kappa shape index (κ3) is 2.79. The van der Waals surface area contributed by atoms with Crippen LogP contribution in [0.1, 0.15) is 41.3 Å². The molecule has 3 amide bonds. The molecule has 26 heavy (non-hydrogen) atoms. The Hall–Kier alpha value is -2.95. The van der Waals surface area contributed by atoms with E-state index in [9.17, 15) is 14.4 Å². The van der Waals surface area contributed by atoms with Crippen LogP contribution in [0.2, 0.25) is 0 Å². The molecular weight excluding hydrogens is 328 g/mol. The summed E-state index contributed by atoms with van der Waals surface area (Å²) in [6.45, 7) is 2.53. The molecule has 0 bridgehead atoms. The van der Waals surface area contributed by atoms with Gasteiger partial charge in [-0.2, -0.15) is 0 Å². The second-order valence-corrected chi connectivity index (χ2v) is 6.82. The van der Waals surface area contributed by atoms with E-state index in [1.807, 2.05) is 18.2 Å². The van der Waals surface area contributed by atoms with E-state index < -0.39 is 6.04 Å². The lowest BCUT2D eigenvalue weighted by atomic mass is 9.99. The van der Waals surface area contributed by atoms with E-state index in [-0.39, 0.29) is 24.1 Å². The van der Waals surface area contributed by atoms with Gasteiger partial charge in [-0.15, -0.1) is 0 Å². The molecule has 1 atom stereocenters. The van der Waals surface area contributed by atoms with Crippen molar-refractivity contribution in [3.63, 3.8) is 0 Å². The van der Waals surface area contributed by atoms with Gasteiger partial charge in [0.25, 0.3) is 5.91 Å². The second kappa shape index (κ2) is 6.41. The summed E-state index contributed by atoms with van der Waals surface area (Å²) in [4.78, 5) is 37.9. The number of fused-ring (bicyclic) bond motifs is 1. The fourth-order valence-electron chi connectivity index (χ4n) is 3.67. The number of nitrogens with one attached hydrogen (secondary N) is 1. The highest BCUT2D eigenvalue weighted by molar-refractivity contribution is 6.05. The number of rotatable bonds is 3. The van der Waals surface area contributed by atoms with Crippen molar-refractivity contribution in [2.24, 2.45) is 0 Å². The Morgan fingerprint density at radius 1 is 1.04 bits per heavy atom. The van der Waals surface area contributed by atoms with Gasteiger partial charge in [-0.25, -0.2) is 0 Å². The van der Waals surface area contributed by atoms with Crippen molar-refractivity contribution >= 4 is 17.7 Å². The van der Waals surface area contributed by atoms with Gasteiger partial charge in [-0.1, -0.05) is 43.3 Å². The molecule has 2 aromatic carbocycles. The Balaban J connectivity index is 1.61. The number of imide groups is 1. The van der Waals surface area contributed by atoms with Gasteiger partial charge in [0, 0.05) is 18.5 Å². The summed E-state index contributed by atoms with van der Waals surface area (Å²) in [5, 5.41) is 2.33. The molecule has 0 saturated carbocycles. The predicted molar refractivity (Wildman–Crippen MR) is 97.3 cm³/mol. The third-order valence-electron chi connectivity index (χ3n) is 5.22. The van der Waals surface area contributed by atoms with Crippen molar-refractivity contribution in [2.45, 2.75) is 38.8 Å². The van der Waals surface area contributed by atoms with E-state index in [1.165, 1.54) is 5.56 Å². The maximum atomic E-state index is 12.9. The van der Waals surface area contributed by atoms with Gasteiger partial charge in [0.1, 0.15) is 6.04 Å². The first-order chi connectivity index (χ1) is 12.6. The summed E-state index contributed by atoms with van der Waals surface area (Å²) in [6, 6.07) is 13.6. The highest BCUT2D eigenvalue weighted by Gasteiger charge is 2.39. The molecule has 2 aliphatic heterocycles. The summed E-state index contributed by atoms with van der Waals surface area (Å²) < 4.78 is 0. The normalized spacial score (nSPS) is 19.5. The zero-order chi connectivity index (χ0) is 18.3. The first kappa shape index (κ1) is 16.5. The minimum atomic E-state index is -0.570. The summed E-state index contributed by atoms with van der Waals surface area (Å²) >= 11 is 0. The Bertz CT molecular complexity index is 902. The van der Waals surface area contributed by atoms with Crippen molar-refractivity contribution in [1.82, 2.24) is 10.2 Å². The molecule has 2 heterocycles. The fourth-order valence-corrected chi connectivity index (χ4v) is 3.67. The van der Waals surface area contributed by atoms with E-state index in [2.05, 4.69) is 36.5 Å². The van der Waals surface area contributed by atoms with Crippen LogP contribution < -0.4 is 5.32 Å². The van der Waals surface area contributed by atoms with Gasteiger partial charge in [0.05, 0.1) is 0 Å². The van der Waals surface area contributed by atoms with Gasteiger partial charge in [0.2, 0.25) is 11.8 Å². The van der Waals surface area contributed by atoms with E-state index in [0.717, 1.165) is 23.1 Å². The molecule has 0 radical (unpaired) electrons. The van der Waals surface area contributed by atoms with Gasteiger partial charge in [0.15, 0.2) is 0 Å². The first-order valence-corrected chi connectivity index (χ1v) is 8.93. The lowest BCUT2D eigenvalue weighted by molar-refractivity contribution is -0.136. The topological polar surface area (TPSA) is 66.5 Å². The van der Waals surface area contributed by atoms with Crippen LogP contribution in [0.25, 0.3) is 11.1 Å². The van der Waals surface area contributed by atoms with Gasteiger partial charge < -0.3 is 4.90 Å². The highest BCUT2D eigenvalue weighted by Crippen LogP contribution is 2.31. The quantitative estimate of drug-likeness (QED) is 0.867. The lowest BCUT2D eigenvalue weighted by Crippen LogP contribution is -2.52. The van der Waals surface area contributed by atoms with E-state index in [1.54, 1.807) is 4.90 Å². The molecule has 4 rings (SSSR count). The summed E-state index contributed by atoms with van der Waals surface area (Å²) in [5.74, 6) is -0.785. The predicted octanol–water partition coefficient (Wildman–Crippen LogP) is 2.68. The van der Waals surface area contributed by atoms with Crippen LogP contribution >= 0.6 is 0 Å². The number of carbonyl (C=O) groups excluding carboxylic acids is 3. The maximum absolute atomic E-state index is 12.9. The molecule has 5 nitrogen and oxygen atoms in total. The third-order valence-corrected chi connectivity index (χ3v) is 5.22. The molecule has 1 N–H and O–H groups in total. The van der Waals surface area contributed by atoms with Crippen LogP contribution in [0.15, 0.2) is 42.5 Å². The van der Waals surface area contributed by atoms with Crippen LogP contribution in [0.5, 0.6) is 0 Å². The number of carbonyl (C=O) groups is 3. The molecule has 132 valence electrons. The summed E-state index contributed by atoms with van der Waals surface area (Å²) in [5.41, 5.74) is 4.90. The highest BCUT2D eigenvalue weighted by atomic mass is 16.2. The zero-order valence-electron chi connectivity index (χ0n) is 14.6. The average molecular weight is 348 g/mol. The average Bonchev–Trinajstić information content (AvgIpc) is 2.98. The minimum Gasteiger partial charge on any atom is -0.322 e. The number of nitrogens with zero attached hydrogens (tertiary/aromatic N) is 1. The first-order valence-electron chi connectivity index (χ1n) is 8.93. The number of hydrogen-bond donors (Lipinski definition) is 1. The SMILES string of the molecule is CCc1ccc(-c2ccc3c(c2)C(=O)N(C2CCC(=O)NC2=O)C3)cc1. The van der Waals surface area contributed by atoms with Gasteiger partial charge in [-0.3, -0.25) is 19.7 Å². The van der Waals surface area contributed by atoms with Gasteiger partial charge >= 0.3 is 0 Å². The van der Waals surface area contributed by atoms with E-state index in [0.29, 0.717) is 18.5 Å². The molecule has 2 aliphatic rings. The molecule has 0 aromatic heterocycles. The Labute approximate surface area is 152 Å². The van der Waals surface area contributed by atoms with Crippen LogP contribution in [-0.2, 0) is 22.6 Å². The molecule has 0 aliphatic carbocycles. The number of benzene rings is 2. The second-order valence-electron chi connectivity index (χ2n) is 6.82. The van der Waals surface area contributed by atoms with Crippen LogP contribution in [-0.4, -0.2) is 28.7 Å². The van der Waals surface area contributed by atoms with Crippen LogP contribution in [0.3, 0.4) is 0 Å². The fraction of sp³-hybridized carbons (Fsp3) is 0.286. The lowest BCUT2D eigenvalue weighted by Gasteiger charge is -2.29. The number of piperidine rings is 1. The summed E-state index contributed by atoms with van der Waals surface area (Å²) in [6.07, 6.45) is 1.64. The molecule has 2 aromatic rings. The Kier molecular flexibility index (Phi) is 4.07. The van der Waals surface area contributed by atoms with Crippen LogP contribution in [0, 0.1) is 0 Å². The van der Waals surface area contributed by atoms with Gasteiger partial charge in [-0.05, 0) is 41.2 Å². The van der Waals surface area contributed by atoms with Crippen molar-refractivity contribution in [2.75, 3.05) is 0 Å². The number of aryl methyl sites for hydroxylation is 1. The molecule has 1 saturated heterocycles.